The Morgan fingerprint density at radius 3 is 2.75 bits per heavy atom. The van der Waals surface area contributed by atoms with Crippen LogP contribution in [0.5, 0.6) is 0 Å². The van der Waals surface area contributed by atoms with Gasteiger partial charge in [-0.05, 0) is 31.4 Å². The molecule has 1 aliphatic carbocycles. The van der Waals surface area contributed by atoms with Crippen molar-refractivity contribution in [2.45, 2.75) is 37.4 Å². The topological polar surface area (TPSA) is 79.0 Å². The van der Waals surface area contributed by atoms with Gasteiger partial charge in [-0.2, -0.15) is 4.31 Å². The van der Waals surface area contributed by atoms with E-state index in [1.807, 2.05) is 12.1 Å². The number of nitrogens with one attached hydrogen (secondary N) is 1. The zero-order valence-corrected chi connectivity index (χ0v) is 12.0. The van der Waals surface area contributed by atoms with Crippen molar-refractivity contribution < 1.29 is 8.42 Å². The van der Waals surface area contributed by atoms with Gasteiger partial charge < -0.3 is 4.98 Å². The van der Waals surface area contributed by atoms with Crippen LogP contribution < -0.4 is 0 Å². The first-order chi connectivity index (χ1) is 9.57. The predicted octanol–water partition coefficient (Wildman–Crippen LogP) is 1.47. The molecule has 2 heterocycles. The highest BCUT2D eigenvalue weighted by Crippen LogP contribution is 2.32. The maximum atomic E-state index is 12.7. The van der Waals surface area contributed by atoms with Crippen LogP contribution in [-0.2, 0) is 16.6 Å². The van der Waals surface area contributed by atoms with Crippen LogP contribution in [0.25, 0.3) is 0 Å². The molecule has 0 amide bonds. The molecule has 2 aromatic heterocycles. The largest absolute Gasteiger partial charge is 0.332 e. The number of pyridine rings is 1. The van der Waals surface area contributed by atoms with E-state index in [-0.39, 0.29) is 11.1 Å². The molecule has 1 aliphatic rings. The molecule has 2 aromatic rings. The number of aryl methyl sites for hydroxylation is 1. The minimum atomic E-state index is -3.53. The number of aromatic nitrogens is 3. The van der Waals surface area contributed by atoms with Crippen LogP contribution >= 0.6 is 0 Å². The van der Waals surface area contributed by atoms with Crippen molar-refractivity contribution in [2.24, 2.45) is 0 Å². The predicted molar refractivity (Wildman–Crippen MR) is 73.3 cm³/mol. The van der Waals surface area contributed by atoms with E-state index in [0.717, 1.165) is 18.4 Å². The van der Waals surface area contributed by atoms with Gasteiger partial charge in [0.15, 0.2) is 5.03 Å². The van der Waals surface area contributed by atoms with E-state index in [4.69, 9.17) is 0 Å². The summed E-state index contributed by atoms with van der Waals surface area (Å²) < 4.78 is 26.9. The number of imidazole rings is 1. The zero-order chi connectivity index (χ0) is 14.2. The van der Waals surface area contributed by atoms with Gasteiger partial charge in [-0.15, -0.1) is 0 Å². The Morgan fingerprint density at radius 2 is 2.20 bits per heavy atom. The first-order valence-electron chi connectivity index (χ1n) is 6.50. The summed E-state index contributed by atoms with van der Waals surface area (Å²) >= 11 is 0. The Labute approximate surface area is 117 Å². The van der Waals surface area contributed by atoms with Gasteiger partial charge in [0.1, 0.15) is 5.82 Å². The van der Waals surface area contributed by atoms with Crippen LogP contribution in [0.2, 0.25) is 0 Å². The Hall–Kier alpha value is -1.73. The van der Waals surface area contributed by atoms with Crippen LogP contribution in [0.3, 0.4) is 0 Å². The summed E-state index contributed by atoms with van der Waals surface area (Å²) in [4.78, 5) is 10.8. The lowest BCUT2D eigenvalue weighted by Crippen LogP contribution is -2.33. The highest BCUT2D eigenvalue weighted by Gasteiger charge is 2.38. The van der Waals surface area contributed by atoms with Crippen LogP contribution in [-0.4, -0.2) is 33.7 Å². The average molecular weight is 292 g/mol. The Kier molecular flexibility index (Phi) is 3.31. The number of hydrogen-bond acceptors (Lipinski definition) is 4. The highest BCUT2D eigenvalue weighted by atomic mass is 32.2. The van der Waals surface area contributed by atoms with E-state index in [1.165, 1.54) is 10.5 Å². The number of aromatic amines is 1. The molecule has 20 heavy (non-hydrogen) atoms. The van der Waals surface area contributed by atoms with E-state index in [1.54, 1.807) is 19.3 Å². The van der Waals surface area contributed by atoms with Gasteiger partial charge in [0.2, 0.25) is 0 Å². The van der Waals surface area contributed by atoms with E-state index in [0.29, 0.717) is 12.4 Å². The summed E-state index contributed by atoms with van der Waals surface area (Å²) in [7, 11) is -3.53. The van der Waals surface area contributed by atoms with Gasteiger partial charge in [-0.1, -0.05) is 6.07 Å². The summed E-state index contributed by atoms with van der Waals surface area (Å²) in [6, 6.07) is 3.78. The fourth-order valence-electron chi connectivity index (χ4n) is 2.10. The zero-order valence-electron chi connectivity index (χ0n) is 11.2. The molecule has 0 bridgehead atoms. The Bertz CT molecular complexity index is 692. The molecule has 0 spiro atoms. The number of H-pyrrole nitrogens is 1. The van der Waals surface area contributed by atoms with Gasteiger partial charge in [0.05, 0.1) is 6.20 Å². The van der Waals surface area contributed by atoms with Crippen molar-refractivity contribution in [1.29, 1.82) is 0 Å². The van der Waals surface area contributed by atoms with Gasteiger partial charge in [-0.3, -0.25) is 4.98 Å². The molecular weight excluding hydrogens is 276 g/mol. The molecular formula is C13H16N4O2S. The Morgan fingerprint density at radius 1 is 1.40 bits per heavy atom. The molecule has 0 aliphatic heterocycles. The molecule has 1 saturated carbocycles. The highest BCUT2D eigenvalue weighted by molar-refractivity contribution is 7.89. The van der Waals surface area contributed by atoms with Gasteiger partial charge >= 0.3 is 0 Å². The number of hydrogen-bond donors (Lipinski definition) is 1. The van der Waals surface area contributed by atoms with Gasteiger partial charge in [0.25, 0.3) is 10.0 Å². The summed E-state index contributed by atoms with van der Waals surface area (Å²) in [6.07, 6.45) is 6.57. The maximum Gasteiger partial charge on any atom is 0.260 e. The summed E-state index contributed by atoms with van der Waals surface area (Å²) in [5, 5.41) is 0.158. The fraction of sp³-hybridized carbons (Fsp3) is 0.385. The smallest absolute Gasteiger partial charge is 0.260 e. The fourth-order valence-corrected chi connectivity index (χ4v) is 3.74. The molecule has 7 heteroatoms. The molecule has 1 fully saturated rings. The van der Waals surface area contributed by atoms with Gasteiger partial charge in [0, 0.05) is 25.0 Å². The Balaban J connectivity index is 1.91. The molecule has 0 unspecified atom stereocenters. The van der Waals surface area contributed by atoms with Crippen LogP contribution in [0, 0.1) is 6.92 Å². The van der Waals surface area contributed by atoms with E-state index in [9.17, 15) is 8.42 Å². The molecule has 106 valence electrons. The average Bonchev–Trinajstić information content (AvgIpc) is 3.17. The van der Waals surface area contributed by atoms with E-state index >= 15 is 0 Å². The molecule has 0 aromatic carbocycles. The molecule has 0 saturated heterocycles. The van der Waals surface area contributed by atoms with Crippen molar-refractivity contribution in [2.75, 3.05) is 0 Å². The van der Waals surface area contributed by atoms with Crippen molar-refractivity contribution in [3.8, 4) is 0 Å². The van der Waals surface area contributed by atoms with Crippen molar-refractivity contribution in [1.82, 2.24) is 19.3 Å². The first-order valence-corrected chi connectivity index (χ1v) is 7.94. The lowest BCUT2D eigenvalue weighted by atomic mass is 10.3. The summed E-state index contributed by atoms with van der Waals surface area (Å²) in [6.45, 7) is 2.08. The normalized spacial score (nSPS) is 15.7. The monoisotopic (exact) mass is 292 g/mol. The second-order valence-corrected chi connectivity index (χ2v) is 6.83. The number of rotatable bonds is 5. The van der Waals surface area contributed by atoms with Crippen molar-refractivity contribution in [3.05, 3.63) is 42.1 Å². The molecule has 0 atom stereocenters. The third-order valence-electron chi connectivity index (χ3n) is 3.28. The minimum absolute atomic E-state index is 0.0869. The quantitative estimate of drug-likeness (QED) is 0.905. The minimum Gasteiger partial charge on any atom is -0.332 e. The van der Waals surface area contributed by atoms with Crippen LogP contribution in [0.15, 0.2) is 35.7 Å². The standard InChI is InChI=1S/C13H16N4O2S/c1-10-15-8-13(16-10)20(18,19)17(12-4-5-12)9-11-3-2-6-14-7-11/h2-3,6-8,12H,4-5,9H2,1H3,(H,15,16). The van der Waals surface area contributed by atoms with E-state index < -0.39 is 10.0 Å². The maximum absolute atomic E-state index is 12.7. The lowest BCUT2D eigenvalue weighted by Gasteiger charge is -2.20. The molecule has 6 nitrogen and oxygen atoms in total. The number of sulfonamides is 1. The third-order valence-corrected chi connectivity index (χ3v) is 5.09. The second-order valence-electron chi connectivity index (χ2n) is 4.98. The molecule has 3 rings (SSSR count). The van der Waals surface area contributed by atoms with E-state index in [2.05, 4.69) is 15.0 Å². The van der Waals surface area contributed by atoms with Crippen LogP contribution in [0.1, 0.15) is 24.2 Å². The third kappa shape index (κ3) is 2.59. The summed E-state index contributed by atoms with van der Waals surface area (Å²) in [5.74, 6) is 0.598. The first kappa shape index (κ1) is 13.3. The second kappa shape index (κ2) is 4.99. The SMILES string of the molecule is Cc1ncc(S(=O)(=O)N(Cc2cccnc2)C2CC2)[nH]1. The van der Waals surface area contributed by atoms with Crippen molar-refractivity contribution in [3.63, 3.8) is 0 Å². The summed E-state index contributed by atoms with van der Waals surface area (Å²) in [5.41, 5.74) is 0.888. The number of nitrogens with zero attached hydrogens (tertiary/aromatic N) is 3. The molecule has 1 N–H and O–H groups in total. The molecule has 0 radical (unpaired) electrons. The van der Waals surface area contributed by atoms with Crippen LogP contribution in [0.4, 0.5) is 0 Å². The van der Waals surface area contributed by atoms with Gasteiger partial charge in [-0.25, -0.2) is 13.4 Å². The lowest BCUT2D eigenvalue weighted by molar-refractivity contribution is 0.396. The van der Waals surface area contributed by atoms with Crippen molar-refractivity contribution >= 4 is 10.0 Å².